The van der Waals surface area contributed by atoms with Gasteiger partial charge in [-0.1, -0.05) is 75.0 Å². The van der Waals surface area contributed by atoms with E-state index in [0.29, 0.717) is 22.6 Å². The smallest absolute Gasteiger partial charge is 0.263 e. The van der Waals surface area contributed by atoms with Crippen LogP contribution in [0.4, 0.5) is 5.69 Å². The van der Waals surface area contributed by atoms with Crippen molar-refractivity contribution in [2.24, 2.45) is 5.92 Å². The lowest BCUT2D eigenvalue weighted by Crippen LogP contribution is -2.25. The number of benzene rings is 2. The molecule has 160 valence electrons. The van der Waals surface area contributed by atoms with Crippen LogP contribution >= 0.6 is 11.8 Å². The van der Waals surface area contributed by atoms with Gasteiger partial charge in [-0.2, -0.15) is 4.68 Å². The highest BCUT2D eigenvalue weighted by molar-refractivity contribution is 8.00. The molecule has 0 saturated heterocycles. The third kappa shape index (κ3) is 4.88. The Balaban J connectivity index is 1.40. The van der Waals surface area contributed by atoms with Crippen molar-refractivity contribution >= 4 is 29.3 Å². The number of hydrogen-bond donors (Lipinski definition) is 1. The highest BCUT2D eigenvalue weighted by atomic mass is 32.2. The van der Waals surface area contributed by atoms with Gasteiger partial charge < -0.3 is 5.32 Å². The summed E-state index contributed by atoms with van der Waals surface area (Å²) in [6, 6.07) is 17.7. The Labute approximate surface area is 186 Å². The molecule has 3 aromatic rings. The van der Waals surface area contributed by atoms with Crippen molar-refractivity contribution < 1.29 is 9.59 Å². The lowest BCUT2D eigenvalue weighted by molar-refractivity contribution is -0.116. The molecule has 1 amide bonds. The monoisotopic (exact) mass is 434 g/mol. The number of amides is 1. The Morgan fingerprint density at radius 3 is 2.45 bits per heavy atom. The molecule has 0 bridgehead atoms. The number of anilines is 1. The maximum atomic E-state index is 12.8. The minimum Gasteiger partial charge on any atom is -0.326 e. The van der Waals surface area contributed by atoms with Crippen molar-refractivity contribution in [1.82, 2.24) is 14.8 Å². The van der Waals surface area contributed by atoms with E-state index in [1.54, 1.807) is 0 Å². The summed E-state index contributed by atoms with van der Waals surface area (Å²) in [4.78, 5) is 29.7. The number of rotatable bonds is 7. The number of thioether (sulfide) groups is 1. The fourth-order valence-corrected chi connectivity index (χ4v) is 4.69. The van der Waals surface area contributed by atoms with E-state index in [4.69, 9.17) is 0 Å². The summed E-state index contributed by atoms with van der Waals surface area (Å²) in [5.41, 5.74) is 3.15. The van der Waals surface area contributed by atoms with Gasteiger partial charge in [0.2, 0.25) is 5.91 Å². The molecule has 1 N–H and O–H groups in total. The van der Waals surface area contributed by atoms with Gasteiger partial charge in [-0.3, -0.25) is 9.59 Å². The highest BCUT2D eigenvalue weighted by Gasteiger charge is 2.36. The second kappa shape index (κ2) is 9.06. The number of para-hydroxylation sites is 1. The molecule has 7 heteroatoms. The first-order chi connectivity index (χ1) is 14.9. The first-order valence-corrected chi connectivity index (χ1v) is 11.4. The van der Waals surface area contributed by atoms with Crippen molar-refractivity contribution in [3.63, 3.8) is 0 Å². The zero-order valence-corrected chi connectivity index (χ0v) is 18.7. The van der Waals surface area contributed by atoms with Gasteiger partial charge in [0, 0.05) is 18.0 Å². The average molecular weight is 435 g/mol. The molecule has 6 nitrogen and oxygen atoms in total. The molecule has 1 aromatic heterocycles. The summed E-state index contributed by atoms with van der Waals surface area (Å²) in [6.07, 6.45) is 1.14. The zero-order valence-electron chi connectivity index (χ0n) is 17.9. The summed E-state index contributed by atoms with van der Waals surface area (Å²) in [5.74, 6) is 0.838. The molecule has 1 aliphatic heterocycles. The van der Waals surface area contributed by atoms with Crippen LogP contribution < -0.4 is 5.32 Å². The van der Waals surface area contributed by atoms with Gasteiger partial charge in [-0.15, -0.1) is 5.10 Å². The van der Waals surface area contributed by atoms with Crippen molar-refractivity contribution in [1.29, 1.82) is 0 Å². The summed E-state index contributed by atoms with van der Waals surface area (Å²) in [6.45, 7) is 6.46. The quantitative estimate of drug-likeness (QED) is 0.579. The maximum absolute atomic E-state index is 12.8. The number of aromatic nitrogens is 3. The Morgan fingerprint density at radius 2 is 1.81 bits per heavy atom. The van der Waals surface area contributed by atoms with Gasteiger partial charge in [0.05, 0.1) is 0 Å². The molecule has 4 rings (SSSR count). The Kier molecular flexibility index (Phi) is 6.23. The Morgan fingerprint density at radius 1 is 1.10 bits per heavy atom. The molecule has 2 aromatic carbocycles. The molecule has 2 atom stereocenters. The largest absolute Gasteiger partial charge is 0.326 e. The van der Waals surface area contributed by atoms with Crippen molar-refractivity contribution in [2.45, 2.75) is 49.9 Å². The maximum Gasteiger partial charge on any atom is 0.263 e. The van der Waals surface area contributed by atoms with E-state index >= 15 is 0 Å². The molecule has 31 heavy (non-hydrogen) atoms. The van der Waals surface area contributed by atoms with E-state index in [9.17, 15) is 9.59 Å². The number of hydrogen-bond acceptors (Lipinski definition) is 5. The van der Waals surface area contributed by atoms with Gasteiger partial charge >= 0.3 is 0 Å². The molecular weight excluding hydrogens is 408 g/mol. The third-order valence-corrected chi connectivity index (χ3v) is 6.39. The van der Waals surface area contributed by atoms with Gasteiger partial charge in [-0.25, -0.2) is 4.98 Å². The predicted molar refractivity (Wildman–Crippen MR) is 122 cm³/mol. The van der Waals surface area contributed by atoms with Gasteiger partial charge in [-0.05, 0) is 35.6 Å². The standard InChI is InChI=1S/C24H26N4O2S/c1-15(2)13-17-9-11-18(12-10-17)16(3)22-26-24-28(27-22)23(30)20(31-24)14-21(29)25-19-7-5-4-6-8-19/h4-12,15-16,20H,13-14H2,1-3H3,(H,25,29). The topological polar surface area (TPSA) is 76.9 Å². The average Bonchev–Trinajstić information content (AvgIpc) is 3.28. The van der Waals surface area contributed by atoms with Crippen LogP contribution in [0.5, 0.6) is 0 Å². The minimum atomic E-state index is -0.501. The summed E-state index contributed by atoms with van der Waals surface area (Å²) in [5, 5.41) is 7.34. The molecule has 1 aliphatic rings. The predicted octanol–water partition coefficient (Wildman–Crippen LogP) is 4.77. The van der Waals surface area contributed by atoms with E-state index in [1.165, 1.54) is 22.0 Å². The van der Waals surface area contributed by atoms with E-state index in [0.717, 1.165) is 12.0 Å². The van der Waals surface area contributed by atoms with Crippen LogP contribution in [0.25, 0.3) is 0 Å². The van der Waals surface area contributed by atoms with E-state index in [2.05, 4.69) is 53.5 Å². The van der Waals surface area contributed by atoms with Crippen molar-refractivity contribution in [3.05, 3.63) is 71.5 Å². The second-order valence-electron chi connectivity index (χ2n) is 8.29. The molecule has 0 fully saturated rings. The van der Waals surface area contributed by atoms with E-state index < -0.39 is 5.25 Å². The number of nitrogens with one attached hydrogen (secondary N) is 1. The molecule has 0 saturated carbocycles. The van der Waals surface area contributed by atoms with Crippen LogP contribution in [-0.2, 0) is 11.2 Å². The minimum absolute atomic E-state index is 0.0144. The molecule has 2 heterocycles. The van der Waals surface area contributed by atoms with Gasteiger partial charge in [0.15, 0.2) is 11.0 Å². The first kappa shape index (κ1) is 21.3. The molecular formula is C24H26N4O2S. The second-order valence-corrected chi connectivity index (χ2v) is 9.46. The van der Waals surface area contributed by atoms with Crippen molar-refractivity contribution in [3.8, 4) is 0 Å². The van der Waals surface area contributed by atoms with Crippen LogP contribution in [0.15, 0.2) is 59.8 Å². The van der Waals surface area contributed by atoms with Crippen LogP contribution in [0.1, 0.15) is 54.9 Å². The fraction of sp³-hybridized carbons (Fsp3) is 0.333. The lowest BCUT2D eigenvalue weighted by atomic mass is 9.96. The van der Waals surface area contributed by atoms with Crippen LogP contribution in [0.3, 0.4) is 0 Å². The summed E-state index contributed by atoms with van der Waals surface area (Å²) < 4.78 is 1.35. The molecule has 0 aliphatic carbocycles. The SMILES string of the molecule is CC(C)Cc1ccc(C(C)c2nc3n(n2)C(=O)C(CC(=O)Nc2ccccc2)S3)cc1. The normalized spacial score (nSPS) is 16.4. The van der Waals surface area contributed by atoms with Crippen molar-refractivity contribution in [2.75, 3.05) is 5.32 Å². The van der Waals surface area contributed by atoms with Gasteiger partial charge in [0.1, 0.15) is 5.25 Å². The number of carbonyl (C=O) groups excluding carboxylic acids is 2. The summed E-state index contributed by atoms with van der Waals surface area (Å²) in [7, 11) is 0. The number of fused-ring (bicyclic) bond motifs is 1. The fourth-order valence-electron chi connectivity index (χ4n) is 3.62. The van der Waals surface area contributed by atoms with Gasteiger partial charge in [0.25, 0.3) is 5.91 Å². The molecule has 0 spiro atoms. The molecule has 0 radical (unpaired) electrons. The highest BCUT2D eigenvalue weighted by Crippen LogP contribution is 2.34. The summed E-state index contributed by atoms with van der Waals surface area (Å²) >= 11 is 1.30. The van der Waals surface area contributed by atoms with E-state index in [-0.39, 0.29) is 24.2 Å². The lowest BCUT2D eigenvalue weighted by Gasteiger charge is -2.11. The third-order valence-electron chi connectivity index (χ3n) is 5.27. The van der Waals surface area contributed by atoms with Crippen LogP contribution in [-0.4, -0.2) is 31.8 Å². The first-order valence-electron chi connectivity index (χ1n) is 10.5. The zero-order chi connectivity index (χ0) is 22.0. The molecule has 2 unspecified atom stereocenters. The van der Waals surface area contributed by atoms with E-state index in [1.807, 2.05) is 37.3 Å². The number of nitrogens with zero attached hydrogens (tertiary/aromatic N) is 3. The van der Waals surface area contributed by atoms with Crippen LogP contribution in [0.2, 0.25) is 0 Å². The Bertz CT molecular complexity index is 1080. The van der Waals surface area contributed by atoms with Crippen LogP contribution in [0, 0.1) is 5.92 Å². The number of carbonyl (C=O) groups is 2. The Hall–Kier alpha value is -2.93.